The first kappa shape index (κ1) is 21.7. The second-order valence-corrected chi connectivity index (χ2v) is 13.4. The lowest BCUT2D eigenvalue weighted by atomic mass is 9.52. The average Bonchev–Trinajstić information content (AvgIpc) is 3.06. The highest BCUT2D eigenvalue weighted by atomic mass is 35.5. The first-order valence-corrected chi connectivity index (χ1v) is 13.9. The maximum absolute atomic E-state index is 13.8. The summed E-state index contributed by atoms with van der Waals surface area (Å²) < 4.78 is 23.9. The fourth-order valence-electron chi connectivity index (χ4n) is 7.24. The van der Waals surface area contributed by atoms with Crippen molar-refractivity contribution in [3.63, 3.8) is 0 Å². The molecule has 4 saturated carbocycles. The number of likely N-dealkylation sites (N-methyl/N-ethyl adjacent to an activating group) is 1. The van der Waals surface area contributed by atoms with Crippen LogP contribution in [0.4, 0.5) is 0 Å². The maximum Gasteiger partial charge on any atom is 0.237 e. The van der Waals surface area contributed by atoms with E-state index in [4.69, 9.17) is 11.6 Å². The average molecular weight is 465 g/mol. The van der Waals surface area contributed by atoms with Gasteiger partial charge in [0.1, 0.15) is 0 Å². The Balaban J connectivity index is 1.38. The first-order chi connectivity index (χ1) is 14.7. The van der Waals surface area contributed by atoms with E-state index in [1.54, 1.807) is 0 Å². The van der Waals surface area contributed by atoms with Crippen molar-refractivity contribution in [2.75, 3.05) is 25.1 Å². The molecule has 1 amide bonds. The highest BCUT2D eigenvalue weighted by Gasteiger charge is 2.54. The third-order valence-corrected chi connectivity index (χ3v) is 10.4. The minimum Gasteiger partial charge on any atom is -0.332 e. The third kappa shape index (κ3) is 4.40. The third-order valence-electron chi connectivity index (χ3n) is 8.35. The van der Waals surface area contributed by atoms with E-state index in [2.05, 4.69) is 4.90 Å². The Morgan fingerprint density at radius 2 is 1.65 bits per heavy atom. The van der Waals surface area contributed by atoms with Crippen molar-refractivity contribution in [1.82, 2.24) is 9.80 Å². The van der Waals surface area contributed by atoms with Gasteiger partial charge in [0.15, 0.2) is 9.84 Å². The number of halogens is 1. The van der Waals surface area contributed by atoms with E-state index in [0.717, 1.165) is 42.6 Å². The van der Waals surface area contributed by atoms with Gasteiger partial charge in [-0.15, -0.1) is 0 Å². The van der Waals surface area contributed by atoms with Crippen LogP contribution in [-0.2, 0) is 21.2 Å². The number of nitrogens with zero attached hydrogens (tertiary/aromatic N) is 2. The highest BCUT2D eigenvalue weighted by molar-refractivity contribution is 7.91. The summed E-state index contributed by atoms with van der Waals surface area (Å²) >= 11 is 6.10. The molecule has 0 radical (unpaired) electrons. The van der Waals surface area contributed by atoms with Crippen LogP contribution in [0, 0.1) is 17.8 Å². The molecule has 7 heteroatoms. The molecule has 1 heterocycles. The van der Waals surface area contributed by atoms with Gasteiger partial charge in [-0.05, 0) is 87.4 Å². The number of sulfone groups is 1. The largest absolute Gasteiger partial charge is 0.332 e. The Bertz CT molecular complexity index is 911. The van der Waals surface area contributed by atoms with Crippen LogP contribution in [0.15, 0.2) is 24.3 Å². The van der Waals surface area contributed by atoms with Crippen molar-refractivity contribution in [3.8, 4) is 0 Å². The molecule has 1 aromatic rings. The van der Waals surface area contributed by atoms with Crippen molar-refractivity contribution < 1.29 is 13.2 Å². The number of carbonyl (C=O) groups excluding carboxylic acids is 1. The Hall–Kier alpha value is -1.11. The standard InChI is InChI=1S/C24H33ClN2O3S/c1-26(22-6-7-31(29,30)16-22)15-23(28)27(14-17-2-4-21(25)5-3-17)24-11-18-8-19(12-24)10-20(9-18)13-24/h2-5,18-20,22H,6-16H2,1H3/t18?,19?,20?,22-,24?/m1/s1. The van der Waals surface area contributed by atoms with Crippen LogP contribution in [0.2, 0.25) is 5.02 Å². The molecule has 5 nitrogen and oxygen atoms in total. The van der Waals surface area contributed by atoms with Gasteiger partial charge >= 0.3 is 0 Å². The number of carbonyl (C=O) groups is 1. The van der Waals surface area contributed by atoms with Crippen molar-refractivity contribution >= 4 is 27.3 Å². The van der Waals surface area contributed by atoms with Crippen molar-refractivity contribution in [2.24, 2.45) is 17.8 Å². The lowest BCUT2D eigenvalue weighted by Crippen LogP contribution is -2.62. The highest BCUT2D eigenvalue weighted by Crippen LogP contribution is 2.58. The maximum atomic E-state index is 13.8. The minimum absolute atomic E-state index is 0.0337. The molecular formula is C24H33ClN2O3S. The molecule has 6 rings (SSSR count). The van der Waals surface area contributed by atoms with Gasteiger partial charge in [-0.3, -0.25) is 9.69 Å². The quantitative estimate of drug-likeness (QED) is 0.643. The molecule has 5 fully saturated rings. The van der Waals surface area contributed by atoms with Gasteiger partial charge < -0.3 is 4.90 Å². The predicted octanol–water partition coefficient (Wildman–Crippen LogP) is 3.76. The summed E-state index contributed by atoms with van der Waals surface area (Å²) in [5, 5.41) is 0.707. The first-order valence-electron chi connectivity index (χ1n) is 11.7. The second kappa shape index (κ2) is 8.03. The van der Waals surface area contributed by atoms with Crippen LogP contribution in [0.5, 0.6) is 0 Å². The molecule has 0 spiro atoms. The number of benzene rings is 1. The van der Waals surface area contributed by atoms with Crippen LogP contribution in [0.25, 0.3) is 0 Å². The normalized spacial score (nSPS) is 35.6. The van der Waals surface area contributed by atoms with Crippen LogP contribution < -0.4 is 0 Å². The number of hydrogen-bond acceptors (Lipinski definition) is 4. The summed E-state index contributed by atoms with van der Waals surface area (Å²) in [7, 11) is -1.06. The van der Waals surface area contributed by atoms with Gasteiger partial charge in [0.05, 0.1) is 18.1 Å². The monoisotopic (exact) mass is 464 g/mol. The summed E-state index contributed by atoms with van der Waals surface area (Å²) in [6, 6.07) is 7.79. The fraction of sp³-hybridized carbons (Fsp3) is 0.708. The van der Waals surface area contributed by atoms with Gasteiger partial charge in [0, 0.05) is 23.1 Å². The zero-order valence-electron chi connectivity index (χ0n) is 18.3. The molecule has 170 valence electrons. The number of rotatable bonds is 6. The lowest BCUT2D eigenvalue weighted by molar-refractivity contribution is -0.153. The van der Waals surface area contributed by atoms with Crippen molar-refractivity contribution in [1.29, 1.82) is 0 Å². The van der Waals surface area contributed by atoms with Crippen LogP contribution in [0.3, 0.4) is 0 Å². The molecule has 4 aliphatic carbocycles. The molecule has 0 unspecified atom stereocenters. The molecule has 0 N–H and O–H groups in total. The Labute approximate surface area is 191 Å². The smallest absolute Gasteiger partial charge is 0.237 e. The summed E-state index contributed by atoms with van der Waals surface area (Å²) in [4.78, 5) is 17.9. The molecule has 31 heavy (non-hydrogen) atoms. The van der Waals surface area contributed by atoms with Gasteiger partial charge in [0.2, 0.25) is 5.91 Å². The SMILES string of the molecule is CN(CC(=O)N(Cc1ccc(Cl)cc1)C12CC3CC(CC(C3)C1)C2)[C@@H]1CCS(=O)(=O)C1. The Morgan fingerprint density at radius 3 is 2.16 bits per heavy atom. The van der Waals surface area contributed by atoms with Crippen LogP contribution >= 0.6 is 11.6 Å². The summed E-state index contributed by atoms with van der Waals surface area (Å²) in [6.07, 6.45) is 8.01. The summed E-state index contributed by atoms with van der Waals surface area (Å²) in [6.45, 7) is 0.897. The zero-order valence-corrected chi connectivity index (χ0v) is 19.9. The van der Waals surface area contributed by atoms with Crippen LogP contribution in [-0.4, -0.2) is 60.8 Å². The van der Waals surface area contributed by atoms with E-state index in [9.17, 15) is 13.2 Å². The number of amides is 1. The second-order valence-electron chi connectivity index (χ2n) is 10.7. The van der Waals surface area contributed by atoms with E-state index in [1.807, 2.05) is 36.2 Å². The van der Waals surface area contributed by atoms with Gasteiger partial charge in [-0.25, -0.2) is 8.42 Å². The van der Waals surface area contributed by atoms with E-state index in [0.29, 0.717) is 18.0 Å². The molecule has 4 bridgehead atoms. The molecule has 1 saturated heterocycles. The number of hydrogen-bond donors (Lipinski definition) is 0. The van der Waals surface area contributed by atoms with Crippen molar-refractivity contribution in [3.05, 3.63) is 34.9 Å². The molecule has 5 aliphatic rings. The van der Waals surface area contributed by atoms with Crippen molar-refractivity contribution in [2.45, 2.75) is 63.1 Å². The summed E-state index contributed by atoms with van der Waals surface area (Å²) in [5.41, 5.74) is 1.08. The van der Waals surface area contributed by atoms with E-state index in [-0.39, 0.29) is 35.5 Å². The molecule has 1 aliphatic heterocycles. The zero-order chi connectivity index (χ0) is 21.8. The van der Waals surface area contributed by atoms with Gasteiger partial charge in [-0.2, -0.15) is 0 Å². The van der Waals surface area contributed by atoms with Gasteiger partial charge in [0.25, 0.3) is 0 Å². The molecule has 1 atom stereocenters. The Kier molecular flexibility index (Phi) is 5.63. The minimum atomic E-state index is -2.97. The summed E-state index contributed by atoms with van der Waals surface area (Å²) in [5.74, 6) is 2.81. The molecule has 0 aromatic heterocycles. The predicted molar refractivity (Wildman–Crippen MR) is 123 cm³/mol. The Morgan fingerprint density at radius 1 is 1.06 bits per heavy atom. The van der Waals surface area contributed by atoms with E-state index in [1.165, 1.54) is 19.3 Å². The molecular weight excluding hydrogens is 432 g/mol. The van der Waals surface area contributed by atoms with Gasteiger partial charge in [-0.1, -0.05) is 23.7 Å². The van der Waals surface area contributed by atoms with E-state index >= 15 is 0 Å². The topological polar surface area (TPSA) is 57.7 Å². The van der Waals surface area contributed by atoms with Crippen LogP contribution in [0.1, 0.15) is 50.5 Å². The molecule has 1 aromatic carbocycles. The fourth-order valence-corrected chi connectivity index (χ4v) is 9.17. The lowest BCUT2D eigenvalue weighted by Gasteiger charge is -2.60. The van der Waals surface area contributed by atoms with E-state index < -0.39 is 9.84 Å².